The van der Waals surface area contributed by atoms with Crippen LogP contribution in [0, 0.1) is 5.92 Å². The summed E-state index contributed by atoms with van der Waals surface area (Å²) in [5.74, 6) is -5.94. The standard InChI is InChI=1S/C15H20N6O3S.C14H18N6O4S.C13H17N7O4.C13H19N5O4/c1-9-11(7-22)24-15(23-3,14(9,2)19-20-16)12-6-5-10-13(25-4)17-8-18-21(10)12;1-13(18-19-15)11(22)9(6-21)24-14(13,23-2)10-5-4-8-12(25-3)16-7-17-20(8)10;1-12(18-19-15)10(22)8(5-21)24-13(12,23-2)9-4-3-7-11(14)16-6-17-20(7)9;1-12(15)10(20)8(5-19)22-13(12,21-2)9-4-3-7-11(14)16-6-17-18(7)9/h5-6,8-9,11,22H,7H2,1-4H3;4-5,7,9,11,21-22H,6H2,1-3H3;3-4,6,8,10,21-22H,5H2,1-2H3,(H2,14,16,17);3-4,6,8,10,19-20H,5,15H2,1-2H3,(H2,14,16,17)/t9-,11-,14-,15?;9-,11-,13-,14?;8-,10-,12-,13?;8-,10-,12-,13+/m1111/s1. The lowest BCUT2D eigenvalue weighted by atomic mass is 9.79. The topological polar surface area (TPSA) is 561 Å². The number of ether oxygens (including phenoxy) is 8. The zero-order chi connectivity index (χ0) is 70.1. The van der Waals surface area contributed by atoms with Gasteiger partial charge in [0.25, 0.3) is 0 Å². The molecule has 0 aromatic carbocycles. The lowest BCUT2D eigenvalue weighted by Crippen LogP contribution is -2.60. The molecule has 3 unspecified atom stereocenters. The second-order valence-electron chi connectivity index (χ2n) is 22.9. The molecule has 96 heavy (non-hydrogen) atoms. The molecule has 0 amide bonds. The van der Waals surface area contributed by atoms with Crippen LogP contribution in [0.4, 0.5) is 11.6 Å². The molecule has 0 spiro atoms. The van der Waals surface area contributed by atoms with Crippen LogP contribution in [0.5, 0.6) is 0 Å². The Balaban J connectivity index is 0.000000150. The number of thioether (sulfide) groups is 2. The third-order valence-electron chi connectivity index (χ3n) is 18.4. The van der Waals surface area contributed by atoms with Gasteiger partial charge in [0.15, 0.2) is 11.6 Å². The number of hydrogen-bond donors (Lipinski definition) is 10. The first-order chi connectivity index (χ1) is 45.8. The fourth-order valence-corrected chi connectivity index (χ4v) is 14.1. The summed E-state index contributed by atoms with van der Waals surface area (Å²) in [5, 5.41) is 99.6. The highest BCUT2D eigenvalue weighted by Crippen LogP contribution is 2.55. The number of rotatable bonds is 17. The van der Waals surface area contributed by atoms with Crippen molar-refractivity contribution < 1.29 is 73.6 Å². The Hall–Kier alpha value is -7.93. The van der Waals surface area contributed by atoms with E-state index in [1.54, 1.807) is 59.3 Å². The molecule has 4 saturated heterocycles. The molecule has 12 rings (SSSR count). The third kappa shape index (κ3) is 10.8. The summed E-state index contributed by atoms with van der Waals surface area (Å²) in [6.45, 7) is 6.70. The van der Waals surface area contributed by atoms with Gasteiger partial charge in [-0.15, -0.1) is 23.5 Å². The SMILES string of the molecule is COC1(c2ccc3c(N)ncnn23)O[C@H](CO)[C@@H](O)[C@@]1(C)N=[N+]=[N-].COC1(c2ccc3c(SC)ncnn23)O[C@H](CO)[C@@H](C)[C@@]1(C)N=[N+]=[N-].COC1(c2ccc3c(SC)ncnn23)O[C@H](CO)[C@@H](O)[C@@]1(C)N=[N+]=[N-].CO[C@@]1(c2ccc3c(N)ncnn23)O[C@H](CO)[C@@H](O)[C@@]1(C)N. The van der Waals surface area contributed by atoms with Crippen LogP contribution in [0.2, 0.25) is 0 Å². The smallest absolute Gasteiger partial charge is 0.233 e. The van der Waals surface area contributed by atoms with Gasteiger partial charge in [-0.1, -0.05) is 22.3 Å². The molecule has 0 saturated carbocycles. The summed E-state index contributed by atoms with van der Waals surface area (Å²) in [5.41, 5.74) is 44.0. The highest BCUT2D eigenvalue weighted by Gasteiger charge is 2.69. The number of anilines is 2. The van der Waals surface area contributed by atoms with Gasteiger partial charge in [-0.3, -0.25) is 0 Å². The molecular formula is C55H74N24O15S2. The molecule has 16 atom stereocenters. The van der Waals surface area contributed by atoms with Crippen molar-refractivity contribution in [1.29, 1.82) is 0 Å². The molecule has 8 aromatic heterocycles. The fourth-order valence-electron chi connectivity index (χ4n) is 13.1. The lowest BCUT2D eigenvalue weighted by molar-refractivity contribution is -0.249. The summed E-state index contributed by atoms with van der Waals surface area (Å²) < 4.78 is 52.4. The molecule has 8 aromatic rings. The monoisotopic (exact) mass is 1370 g/mol. The van der Waals surface area contributed by atoms with Gasteiger partial charge in [-0.2, -0.15) is 20.4 Å². The van der Waals surface area contributed by atoms with Crippen molar-refractivity contribution in [3.63, 3.8) is 0 Å². The van der Waals surface area contributed by atoms with Gasteiger partial charge < -0.3 is 90.8 Å². The van der Waals surface area contributed by atoms with Crippen LogP contribution in [0.3, 0.4) is 0 Å². The Morgan fingerprint density at radius 1 is 0.479 bits per heavy atom. The van der Waals surface area contributed by atoms with Crippen molar-refractivity contribution in [3.8, 4) is 0 Å². The first kappa shape index (κ1) is 72.3. The van der Waals surface area contributed by atoms with Crippen molar-refractivity contribution in [3.05, 3.63) is 128 Å². The minimum atomic E-state index is -1.68. The van der Waals surface area contributed by atoms with Crippen molar-refractivity contribution in [2.45, 2.75) is 133 Å². The zero-order valence-corrected chi connectivity index (χ0v) is 55.3. The number of aliphatic hydroxyl groups excluding tert-OH is 7. The van der Waals surface area contributed by atoms with E-state index in [9.17, 15) is 35.7 Å². The van der Waals surface area contributed by atoms with E-state index in [1.807, 2.05) is 31.6 Å². The van der Waals surface area contributed by atoms with Gasteiger partial charge in [-0.25, -0.2) is 38.0 Å². The second kappa shape index (κ2) is 27.9. The number of hydrogen-bond acceptors (Lipinski definition) is 31. The molecule has 4 fully saturated rings. The third-order valence-corrected chi connectivity index (χ3v) is 19.8. The summed E-state index contributed by atoms with van der Waals surface area (Å²) in [7, 11) is 5.64. The van der Waals surface area contributed by atoms with E-state index < -0.39 is 101 Å². The summed E-state index contributed by atoms with van der Waals surface area (Å²) in [6, 6.07) is 13.9. The quantitative estimate of drug-likeness (QED) is 0.0269. The highest BCUT2D eigenvalue weighted by atomic mass is 32.2. The fraction of sp³-hybridized carbons (Fsp3) is 0.564. The highest BCUT2D eigenvalue weighted by molar-refractivity contribution is 7.99. The Morgan fingerprint density at radius 2 is 0.771 bits per heavy atom. The van der Waals surface area contributed by atoms with Crippen LogP contribution >= 0.6 is 23.5 Å². The molecule has 39 nitrogen and oxygen atoms in total. The maximum atomic E-state index is 10.6. The van der Waals surface area contributed by atoms with Crippen molar-refractivity contribution in [2.75, 3.05) is 78.8 Å². The van der Waals surface area contributed by atoms with E-state index in [1.165, 1.54) is 100 Å². The molecule has 0 aliphatic carbocycles. The molecule has 12 heterocycles. The van der Waals surface area contributed by atoms with E-state index in [0.29, 0.717) is 39.6 Å². The molecule has 0 radical (unpaired) electrons. The maximum absolute atomic E-state index is 10.6. The van der Waals surface area contributed by atoms with Crippen LogP contribution in [0.25, 0.3) is 53.4 Å². The number of methoxy groups -OCH3 is 4. The summed E-state index contributed by atoms with van der Waals surface area (Å²) in [4.78, 5) is 25.0. The van der Waals surface area contributed by atoms with Crippen LogP contribution in [0.15, 0.2) is 99.2 Å². The average molecular weight is 1380 g/mol. The number of aromatic nitrogens is 12. The number of nitrogens with zero attached hydrogens (tertiary/aromatic N) is 21. The molecule has 41 heteroatoms. The van der Waals surface area contributed by atoms with Crippen LogP contribution in [-0.4, -0.2) is 226 Å². The van der Waals surface area contributed by atoms with Crippen molar-refractivity contribution in [1.82, 2.24) is 58.4 Å². The number of azide groups is 3. The van der Waals surface area contributed by atoms with Gasteiger partial charge in [0.2, 0.25) is 23.1 Å². The van der Waals surface area contributed by atoms with E-state index >= 15 is 0 Å². The van der Waals surface area contributed by atoms with Crippen LogP contribution in [-0.2, 0) is 61.0 Å². The predicted octanol–water partition coefficient (Wildman–Crippen LogP) is 1.93. The summed E-state index contributed by atoms with van der Waals surface area (Å²) in [6.07, 6.45) is 2.13. The molecule has 516 valence electrons. The predicted molar refractivity (Wildman–Crippen MR) is 339 cm³/mol. The van der Waals surface area contributed by atoms with Gasteiger partial charge in [0.05, 0.1) is 55.8 Å². The minimum Gasteiger partial charge on any atom is -0.394 e. The zero-order valence-electron chi connectivity index (χ0n) is 53.7. The molecular weight excluding hydrogens is 1300 g/mol. The van der Waals surface area contributed by atoms with E-state index in [2.05, 4.69) is 70.4 Å². The lowest BCUT2D eigenvalue weighted by Gasteiger charge is -2.38. The number of nitrogen functional groups attached to an aromatic ring is 2. The first-order valence-corrected chi connectivity index (χ1v) is 31.5. The Kier molecular flexibility index (Phi) is 21.0. The molecule has 13 N–H and O–H groups in total. The average Bonchev–Trinajstić information content (AvgIpc) is 1.58. The largest absolute Gasteiger partial charge is 0.394 e. The van der Waals surface area contributed by atoms with Gasteiger partial charge in [-0.05, 0) is 105 Å². The van der Waals surface area contributed by atoms with E-state index in [-0.39, 0.29) is 24.9 Å². The number of nitrogens with two attached hydrogens (primary N) is 3. The first-order valence-electron chi connectivity index (χ1n) is 29.1. The van der Waals surface area contributed by atoms with Gasteiger partial charge in [0.1, 0.15) is 116 Å². The second-order valence-corrected chi connectivity index (χ2v) is 24.5. The van der Waals surface area contributed by atoms with Crippen molar-refractivity contribution >= 4 is 57.2 Å². The van der Waals surface area contributed by atoms with Crippen LogP contribution in [0.1, 0.15) is 57.4 Å². The Morgan fingerprint density at radius 3 is 1.10 bits per heavy atom. The van der Waals surface area contributed by atoms with E-state index in [4.69, 9.17) is 71.7 Å². The Labute approximate surface area is 553 Å². The molecule has 4 aliphatic heterocycles. The minimum absolute atomic E-state index is 0.211. The van der Waals surface area contributed by atoms with E-state index in [0.717, 1.165) is 21.1 Å². The van der Waals surface area contributed by atoms with Crippen molar-refractivity contribution in [2.24, 2.45) is 27.0 Å². The normalized spacial score (nSPS) is 33.0. The number of fused-ring (bicyclic) bond motifs is 4. The Bertz CT molecular complexity index is 4130. The van der Waals surface area contributed by atoms with Crippen LogP contribution < -0.4 is 17.2 Å². The molecule has 4 aliphatic rings. The van der Waals surface area contributed by atoms with Gasteiger partial charge >= 0.3 is 0 Å². The summed E-state index contributed by atoms with van der Waals surface area (Å²) >= 11 is 2.95. The number of aliphatic hydroxyl groups is 7. The van der Waals surface area contributed by atoms with Gasteiger partial charge in [0, 0.05) is 49.1 Å². The maximum Gasteiger partial charge on any atom is 0.233 e. The molecule has 0 bridgehead atoms.